The number of carbonyl (C=O) groups excluding carboxylic acids is 1. The Morgan fingerprint density at radius 2 is 2.16 bits per heavy atom. The number of carbonyl (C=O) groups is 1. The predicted molar refractivity (Wildman–Crippen MR) is 76.1 cm³/mol. The quantitative estimate of drug-likeness (QED) is 0.931. The topological polar surface area (TPSA) is 52.9 Å². The zero-order chi connectivity index (χ0) is 13.8. The first-order chi connectivity index (χ1) is 9.10. The second-order valence-corrected chi connectivity index (χ2v) is 5.60. The van der Waals surface area contributed by atoms with Gasteiger partial charge in [0.15, 0.2) is 0 Å². The maximum Gasteiger partial charge on any atom is 0.261 e. The number of benzene rings is 1. The van der Waals surface area contributed by atoms with E-state index in [2.05, 4.69) is 11.4 Å². The van der Waals surface area contributed by atoms with Crippen molar-refractivity contribution in [2.45, 2.75) is 20.4 Å². The smallest absolute Gasteiger partial charge is 0.261 e. The number of nitriles is 1. The van der Waals surface area contributed by atoms with E-state index in [-0.39, 0.29) is 5.91 Å². The minimum atomic E-state index is -0.0661. The van der Waals surface area contributed by atoms with Gasteiger partial charge in [0.05, 0.1) is 16.5 Å². The molecule has 96 valence electrons. The van der Waals surface area contributed by atoms with Crippen molar-refractivity contribution < 1.29 is 4.79 Å². The molecule has 0 saturated carbocycles. The van der Waals surface area contributed by atoms with Crippen molar-refractivity contribution in [3.8, 4) is 6.07 Å². The zero-order valence-corrected chi connectivity index (χ0v) is 11.7. The van der Waals surface area contributed by atoms with Crippen LogP contribution in [-0.2, 0) is 6.54 Å². The maximum absolute atomic E-state index is 12.0. The van der Waals surface area contributed by atoms with Gasteiger partial charge in [-0.1, -0.05) is 12.1 Å². The van der Waals surface area contributed by atoms with E-state index in [0.717, 1.165) is 20.9 Å². The van der Waals surface area contributed by atoms with Gasteiger partial charge in [0.2, 0.25) is 0 Å². The fourth-order valence-electron chi connectivity index (χ4n) is 1.71. The van der Waals surface area contributed by atoms with E-state index in [0.29, 0.717) is 12.1 Å². The normalized spacial score (nSPS) is 9.95. The molecule has 0 aliphatic heterocycles. The van der Waals surface area contributed by atoms with Crippen molar-refractivity contribution in [1.82, 2.24) is 5.32 Å². The summed E-state index contributed by atoms with van der Waals surface area (Å²) in [6, 6.07) is 11.2. The Kier molecular flexibility index (Phi) is 3.98. The van der Waals surface area contributed by atoms with Gasteiger partial charge in [-0.15, -0.1) is 11.3 Å². The summed E-state index contributed by atoms with van der Waals surface area (Å²) in [5.41, 5.74) is 2.67. The van der Waals surface area contributed by atoms with Crippen LogP contribution in [-0.4, -0.2) is 5.91 Å². The Morgan fingerprint density at radius 1 is 1.37 bits per heavy atom. The summed E-state index contributed by atoms with van der Waals surface area (Å²) in [5.74, 6) is -0.0661. The molecule has 0 atom stereocenters. The molecule has 0 unspecified atom stereocenters. The molecule has 2 rings (SSSR count). The fourth-order valence-corrected chi connectivity index (χ4v) is 2.66. The van der Waals surface area contributed by atoms with Crippen molar-refractivity contribution in [1.29, 1.82) is 5.26 Å². The van der Waals surface area contributed by atoms with Gasteiger partial charge in [-0.2, -0.15) is 5.26 Å². The minimum Gasteiger partial charge on any atom is -0.347 e. The van der Waals surface area contributed by atoms with Crippen molar-refractivity contribution in [2.24, 2.45) is 0 Å². The van der Waals surface area contributed by atoms with Crippen LogP contribution in [0.15, 0.2) is 30.3 Å². The first kappa shape index (κ1) is 13.3. The fraction of sp³-hybridized carbons (Fsp3) is 0.200. The van der Waals surface area contributed by atoms with Crippen molar-refractivity contribution >= 4 is 17.2 Å². The van der Waals surface area contributed by atoms with Crippen LogP contribution in [0.5, 0.6) is 0 Å². The van der Waals surface area contributed by atoms with Crippen LogP contribution >= 0.6 is 11.3 Å². The summed E-state index contributed by atoms with van der Waals surface area (Å²) in [5, 5.41) is 11.7. The van der Waals surface area contributed by atoms with Gasteiger partial charge < -0.3 is 5.32 Å². The number of thiophene rings is 1. The first-order valence-corrected chi connectivity index (χ1v) is 6.76. The monoisotopic (exact) mass is 270 g/mol. The van der Waals surface area contributed by atoms with E-state index in [1.165, 1.54) is 11.3 Å². The van der Waals surface area contributed by atoms with Gasteiger partial charge in [0.25, 0.3) is 5.91 Å². The van der Waals surface area contributed by atoms with E-state index >= 15 is 0 Å². The first-order valence-electron chi connectivity index (χ1n) is 5.94. The van der Waals surface area contributed by atoms with E-state index < -0.39 is 0 Å². The molecule has 0 bridgehead atoms. The summed E-state index contributed by atoms with van der Waals surface area (Å²) >= 11 is 1.50. The molecule has 0 spiro atoms. The molecule has 0 aliphatic carbocycles. The molecule has 3 nitrogen and oxygen atoms in total. The molecule has 19 heavy (non-hydrogen) atoms. The van der Waals surface area contributed by atoms with Crippen molar-refractivity contribution in [3.63, 3.8) is 0 Å². The highest BCUT2D eigenvalue weighted by Gasteiger charge is 2.09. The third-order valence-electron chi connectivity index (χ3n) is 2.90. The number of nitrogens with zero attached hydrogens (tertiary/aromatic N) is 1. The second-order valence-electron chi connectivity index (χ2n) is 4.34. The highest BCUT2D eigenvalue weighted by Crippen LogP contribution is 2.20. The lowest BCUT2D eigenvalue weighted by molar-refractivity contribution is 0.0955. The maximum atomic E-state index is 12.0. The molecular formula is C15H14N2OS. The minimum absolute atomic E-state index is 0.0661. The summed E-state index contributed by atoms with van der Waals surface area (Å²) in [7, 11) is 0. The third kappa shape index (κ3) is 3.21. The molecule has 0 saturated heterocycles. The van der Waals surface area contributed by atoms with Crippen LogP contribution in [0.25, 0.3) is 0 Å². The van der Waals surface area contributed by atoms with Crippen molar-refractivity contribution in [3.05, 3.63) is 56.8 Å². The molecule has 1 aromatic heterocycles. The average molecular weight is 270 g/mol. The highest BCUT2D eigenvalue weighted by molar-refractivity contribution is 7.14. The Morgan fingerprint density at radius 3 is 2.79 bits per heavy atom. The van der Waals surface area contributed by atoms with E-state index in [1.54, 1.807) is 12.1 Å². The second kappa shape index (κ2) is 5.68. The number of amides is 1. The molecule has 2 aromatic rings. The largest absolute Gasteiger partial charge is 0.347 e. The van der Waals surface area contributed by atoms with Crippen LogP contribution < -0.4 is 5.32 Å². The summed E-state index contributed by atoms with van der Waals surface area (Å²) < 4.78 is 0. The molecule has 1 aromatic carbocycles. The van der Waals surface area contributed by atoms with E-state index in [4.69, 9.17) is 5.26 Å². The molecule has 1 heterocycles. The SMILES string of the molecule is Cc1cc(C(=O)NCc2cccc(C#N)c2)sc1C. The standard InChI is InChI=1S/C15H14N2OS/c1-10-6-14(19-11(10)2)15(18)17-9-13-5-3-4-12(7-13)8-16/h3-7H,9H2,1-2H3,(H,17,18). The average Bonchev–Trinajstić information content (AvgIpc) is 2.76. The predicted octanol–water partition coefficient (Wildman–Crippen LogP) is 3.17. The van der Waals surface area contributed by atoms with Crippen LogP contribution in [0.2, 0.25) is 0 Å². The van der Waals surface area contributed by atoms with Gasteiger partial charge in [0, 0.05) is 11.4 Å². The van der Waals surface area contributed by atoms with Gasteiger partial charge in [-0.25, -0.2) is 0 Å². The zero-order valence-electron chi connectivity index (χ0n) is 10.9. The van der Waals surface area contributed by atoms with Crippen LogP contribution in [0.3, 0.4) is 0 Å². The van der Waals surface area contributed by atoms with Crippen molar-refractivity contribution in [2.75, 3.05) is 0 Å². The van der Waals surface area contributed by atoms with Crippen LogP contribution in [0.4, 0.5) is 0 Å². The molecule has 1 N–H and O–H groups in total. The summed E-state index contributed by atoms with van der Waals surface area (Å²) in [6.45, 7) is 4.44. The van der Waals surface area contributed by atoms with Gasteiger partial charge in [0.1, 0.15) is 0 Å². The molecular weight excluding hydrogens is 256 g/mol. The molecule has 4 heteroatoms. The summed E-state index contributed by atoms with van der Waals surface area (Å²) in [4.78, 5) is 13.9. The Hall–Kier alpha value is -2.12. The summed E-state index contributed by atoms with van der Waals surface area (Å²) in [6.07, 6.45) is 0. The Labute approximate surface area is 116 Å². The van der Waals surface area contributed by atoms with Gasteiger partial charge >= 0.3 is 0 Å². The Bertz CT molecular complexity index is 633. The Balaban J connectivity index is 2.02. The van der Waals surface area contributed by atoms with Crippen LogP contribution in [0, 0.1) is 25.2 Å². The third-order valence-corrected chi connectivity index (χ3v) is 4.05. The molecule has 0 radical (unpaired) electrons. The number of rotatable bonds is 3. The number of aryl methyl sites for hydroxylation is 2. The highest BCUT2D eigenvalue weighted by atomic mass is 32.1. The lowest BCUT2D eigenvalue weighted by Crippen LogP contribution is -2.21. The number of hydrogen-bond acceptors (Lipinski definition) is 3. The van der Waals surface area contributed by atoms with Gasteiger partial charge in [-0.05, 0) is 43.2 Å². The number of nitrogens with one attached hydrogen (secondary N) is 1. The van der Waals surface area contributed by atoms with Crippen LogP contribution in [0.1, 0.15) is 31.2 Å². The molecule has 0 fully saturated rings. The van der Waals surface area contributed by atoms with Gasteiger partial charge in [-0.3, -0.25) is 4.79 Å². The van der Waals surface area contributed by atoms with E-state index in [1.807, 2.05) is 32.0 Å². The van der Waals surface area contributed by atoms with E-state index in [9.17, 15) is 4.79 Å². The lowest BCUT2D eigenvalue weighted by Gasteiger charge is -2.04. The molecule has 1 amide bonds. The lowest BCUT2D eigenvalue weighted by atomic mass is 10.1. The molecule has 0 aliphatic rings. The number of hydrogen-bond donors (Lipinski definition) is 1.